The smallest absolute Gasteiger partial charge is 0.243 e. The average molecular weight is 529 g/mol. The van der Waals surface area contributed by atoms with Crippen LogP contribution in [-0.4, -0.2) is 38.3 Å². The number of halogens is 1. The molecule has 9 heteroatoms. The Morgan fingerprint density at radius 2 is 1.67 bits per heavy atom. The van der Waals surface area contributed by atoms with Gasteiger partial charge in [-0.25, -0.2) is 8.42 Å². The van der Waals surface area contributed by atoms with E-state index in [2.05, 4.69) is 5.32 Å². The Kier molecular flexibility index (Phi) is 8.51. The SMILES string of the molecule is COc1ccc(S(=O)(=O)N(CC(=O)Nc2ccccc2Oc2ccccc2)C2CCCCC2)cc1Cl. The third-order valence-corrected chi connectivity index (χ3v) is 8.33. The lowest BCUT2D eigenvalue weighted by Gasteiger charge is -2.33. The van der Waals surface area contributed by atoms with Crippen molar-refractivity contribution in [3.63, 3.8) is 0 Å². The zero-order valence-electron chi connectivity index (χ0n) is 20.0. The first-order valence-electron chi connectivity index (χ1n) is 11.9. The van der Waals surface area contributed by atoms with Crippen molar-refractivity contribution < 1.29 is 22.7 Å². The second-order valence-corrected chi connectivity index (χ2v) is 10.9. The van der Waals surface area contributed by atoms with Gasteiger partial charge in [0, 0.05) is 6.04 Å². The van der Waals surface area contributed by atoms with Gasteiger partial charge in [-0.3, -0.25) is 4.79 Å². The summed E-state index contributed by atoms with van der Waals surface area (Å²) >= 11 is 6.22. The number of hydrogen-bond donors (Lipinski definition) is 1. The molecule has 0 radical (unpaired) electrons. The van der Waals surface area contributed by atoms with Crippen molar-refractivity contribution in [3.8, 4) is 17.2 Å². The first-order chi connectivity index (χ1) is 17.4. The lowest BCUT2D eigenvalue weighted by atomic mass is 9.95. The molecule has 0 saturated heterocycles. The Labute approximate surface area is 217 Å². The number of sulfonamides is 1. The summed E-state index contributed by atoms with van der Waals surface area (Å²) in [6, 6.07) is 20.4. The summed E-state index contributed by atoms with van der Waals surface area (Å²) in [6.07, 6.45) is 4.27. The summed E-state index contributed by atoms with van der Waals surface area (Å²) < 4.78 is 39.8. The predicted molar refractivity (Wildman–Crippen MR) is 140 cm³/mol. The highest BCUT2D eigenvalue weighted by Crippen LogP contribution is 2.33. The van der Waals surface area contributed by atoms with Crippen LogP contribution in [0.15, 0.2) is 77.7 Å². The largest absolute Gasteiger partial charge is 0.495 e. The minimum Gasteiger partial charge on any atom is -0.495 e. The van der Waals surface area contributed by atoms with Gasteiger partial charge in [0.2, 0.25) is 15.9 Å². The van der Waals surface area contributed by atoms with Crippen LogP contribution in [0.3, 0.4) is 0 Å². The highest BCUT2D eigenvalue weighted by Gasteiger charge is 2.34. The fourth-order valence-corrected chi connectivity index (χ4v) is 6.32. The maximum Gasteiger partial charge on any atom is 0.243 e. The number of nitrogens with zero attached hydrogens (tertiary/aromatic N) is 1. The Morgan fingerprint density at radius 3 is 2.36 bits per heavy atom. The van der Waals surface area contributed by atoms with Crippen molar-refractivity contribution in [2.24, 2.45) is 0 Å². The van der Waals surface area contributed by atoms with Crippen LogP contribution in [0.25, 0.3) is 0 Å². The molecule has 1 saturated carbocycles. The molecule has 4 rings (SSSR count). The standard InChI is InChI=1S/C27H29ClN2O5S/c1-34-25-17-16-22(18-23(25)28)36(32,33)30(20-10-4-2-5-11-20)19-27(31)29-24-14-8-9-15-26(24)35-21-12-6-3-7-13-21/h3,6-9,12-18,20H,2,4-5,10-11,19H2,1H3,(H,29,31). The Bertz CT molecular complexity index is 1290. The van der Waals surface area contributed by atoms with Gasteiger partial charge in [0.15, 0.2) is 5.75 Å². The number of nitrogens with one attached hydrogen (secondary N) is 1. The van der Waals surface area contributed by atoms with Crippen molar-refractivity contribution in [1.29, 1.82) is 0 Å². The van der Waals surface area contributed by atoms with E-state index < -0.39 is 15.9 Å². The summed E-state index contributed by atoms with van der Waals surface area (Å²) in [5.74, 6) is 1.02. The van der Waals surface area contributed by atoms with E-state index in [0.29, 0.717) is 35.8 Å². The normalized spacial score (nSPS) is 14.4. The predicted octanol–water partition coefficient (Wildman–Crippen LogP) is 6.10. The number of hydrogen-bond acceptors (Lipinski definition) is 5. The molecule has 1 aliphatic carbocycles. The molecular formula is C27H29ClN2O5S. The first kappa shape index (κ1) is 26.0. The zero-order chi connectivity index (χ0) is 25.5. The summed E-state index contributed by atoms with van der Waals surface area (Å²) in [5, 5.41) is 3.03. The van der Waals surface area contributed by atoms with E-state index in [-0.39, 0.29) is 22.5 Å². The molecule has 1 fully saturated rings. The second kappa shape index (κ2) is 11.8. The van der Waals surface area contributed by atoms with E-state index in [1.54, 1.807) is 24.3 Å². The fraction of sp³-hybridized carbons (Fsp3) is 0.296. The minimum absolute atomic E-state index is 0.0273. The second-order valence-electron chi connectivity index (χ2n) is 8.60. The molecule has 0 spiro atoms. The van der Waals surface area contributed by atoms with Crippen LogP contribution in [-0.2, 0) is 14.8 Å². The molecule has 0 bridgehead atoms. The third-order valence-electron chi connectivity index (χ3n) is 6.14. The number of anilines is 1. The van der Waals surface area contributed by atoms with Gasteiger partial charge in [0.25, 0.3) is 0 Å². The van der Waals surface area contributed by atoms with Gasteiger partial charge in [-0.05, 0) is 55.3 Å². The molecular weight excluding hydrogens is 500 g/mol. The summed E-state index contributed by atoms with van der Waals surface area (Å²) in [5.41, 5.74) is 0.458. The van der Waals surface area contributed by atoms with Crippen LogP contribution in [0.4, 0.5) is 5.69 Å². The topological polar surface area (TPSA) is 84.9 Å². The van der Waals surface area contributed by atoms with Gasteiger partial charge in [0.05, 0.1) is 29.3 Å². The van der Waals surface area contributed by atoms with Crippen LogP contribution < -0.4 is 14.8 Å². The fourth-order valence-electron chi connectivity index (χ4n) is 4.33. The van der Waals surface area contributed by atoms with Gasteiger partial charge in [-0.15, -0.1) is 0 Å². The Morgan fingerprint density at radius 1 is 0.972 bits per heavy atom. The van der Waals surface area contributed by atoms with Crippen molar-refractivity contribution in [2.45, 2.75) is 43.0 Å². The number of amides is 1. The van der Waals surface area contributed by atoms with Gasteiger partial charge in [0.1, 0.15) is 11.5 Å². The minimum atomic E-state index is -3.99. The number of carbonyl (C=O) groups excluding carboxylic acids is 1. The molecule has 1 aliphatic rings. The van der Waals surface area contributed by atoms with Crippen LogP contribution >= 0.6 is 11.6 Å². The maximum absolute atomic E-state index is 13.7. The highest BCUT2D eigenvalue weighted by atomic mass is 35.5. The number of para-hydroxylation sites is 3. The lowest BCUT2D eigenvalue weighted by Crippen LogP contribution is -2.45. The maximum atomic E-state index is 13.7. The third kappa shape index (κ3) is 6.19. The molecule has 0 heterocycles. The van der Waals surface area contributed by atoms with E-state index in [0.717, 1.165) is 19.3 Å². The van der Waals surface area contributed by atoms with Crippen molar-refractivity contribution in [2.75, 3.05) is 19.0 Å². The number of ether oxygens (including phenoxy) is 2. The van der Waals surface area contributed by atoms with E-state index in [9.17, 15) is 13.2 Å². The zero-order valence-corrected chi connectivity index (χ0v) is 21.6. The number of rotatable bonds is 9. The molecule has 0 aromatic heterocycles. The summed E-state index contributed by atoms with van der Waals surface area (Å²) in [7, 11) is -2.53. The van der Waals surface area contributed by atoms with E-state index in [1.165, 1.54) is 29.6 Å². The molecule has 0 aliphatic heterocycles. The quantitative estimate of drug-likeness (QED) is 0.362. The molecule has 1 N–H and O–H groups in total. The van der Waals surface area contributed by atoms with Gasteiger partial charge < -0.3 is 14.8 Å². The average Bonchev–Trinajstić information content (AvgIpc) is 2.89. The molecule has 0 unspecified atom stereocenters. The van der Waals surface area contributed by atoms with E-state index in [1.807, 2.05) is 30.3 Å². The highest BCUT2D eigenvalue weighted by molar-refractivity contribution is 7.89. The van der Waals surface area contributed by atoms with E-state index in [4.69, 9.17) is 21.1 Å². The monoisotopic (exact) mass is 528 g/mol. The van der Waals surface area contributed by atoms with Crippen LogP contribution in [0.1, 0.15) is 32.1 Å². The molecule has 36 heavy (non-hydrogen) atoms. The number of benzene rings is 3. The Balaban J connectivity index is 1.57. The van der Waals surface area contributed by atoms with Crippen LogP contribution in [0, 0.1) is 0 Å². The van der Waals surface area contributed by atoms with Gasteiger partial charge in [-0.2, -0.15) is 4.31 Å². The molecule has 0 atom stereocenters. The van der Waals surface area contributed by atoms with Crippen LogP contribution in [0.2, 0.25) is 5.02 Å². The summed E-state index contributed by atoms with van der Waals surface area (Å²) in [4.78, 5) is 13.2. The molecule has 7 nitrogen and oxygen atoms in total. The molecule has 190 valence electrons. The van der Waals surface area contributed by atoms with Crippen molar-refractivity contribution >= 4 is 33.2 Å². The lowest BCUT2D eigenvalue weighted by molar-refractivity contribution is -0.116. The number of methoxy groups -OCH3 is 1. The number of carbonyl (C=O) groups is 1. The molecule has 3 aromatic rings. The van der Waals surface area contributed by atoms with Crippen LogP contribution in [0.5, 0.6) is 17.2 Å². The van der Waals surface area contributed by atoms with Gasteiger partial charge >= 0.3 is 0 Å². The Hall–Kier alpha value is -3.07. The molecule has 1 amide bonds. The van der Waals surface area contributed by atoms with E-state index >= 15 is 0 Å². The van der Waals surface area contributed by atoms with Crippen molar-refractivity contribution in [1.82, 2.24) is 4.31 Å². The first-order valence-corrected chi connectivity index (χ1v) is 13.7. The van der Waals surface area contributed by atoms with Gasteiger partial charge in [-0.1, -0.05) is 61.2 Å². The van der Waals surface area contributed by atoms with Crippen molar-refractivity contribution in [3.05, 3.63) is 77.8 Å². The summed E-state index contributed by atoms with van der Waals surface area (Å²) in [6.45, 7) is -0.323. The molecule has 3 aromatic carbocycles.